The molecule has 1 saturated carbocycles. The molecule has 2 aliphatic rings. The Morgan fingerprint density at radius 1 is 1.27 bits per heavy atom. The molecule has 0 N–H and O–H groups in total. The molecule has 22 heavy (non-hydrogen) atoms. The van der Waals surface area contributed by atoms with Gasteiger partial charge in [-0.05, 0) is 31.7 Å². The normalized spacial score (nSPS) is 23.6. The molecule has 1 aliphatic heterocycles. The molecule has 0 spiro atoms. The third-order valence-electron chi connectivity index (χ3n) is 5.01. The molecule has 2 aromatic rings. The zero-order valence-electron chi connectivity index (χ0n) is 13.2. The van der Waals surface area contributed by atoms with E-state index >= 15 is 0 Å². The van der Waals surface area contributed by atoms with Crippen LogP contribution < -0.4 is 0 Å². The van der Waals surface area contributed by atoms with Crippen LogP contribution in [0.15, 0.2) is 17.8 Å². The quantitative estimate of drug-likeness (QED) is 0.861. The highest BCUT2D eigenvalue weighted by atomic mass is 32.1. The largest absolute Gasteiger partial charge is 0.295 e. The summed E-state index contributed by atoms with van der Waals surface area (Å²) in [4.78, 5) is 7.44. The molecule has 3 heterocycles. The summed E-state index contributed by atoms with van der Waals surface area (Å²) in [7, 11) is 0. The van der Waals surface area contributed by atoms with Crippen molar-refractivity contribution in [3.05, 3.63) is 34.0 Å². The van der Waals surface area contributed by atoms with E-state index in [2.05, 4.69) is 33.2 Å². The molecule has 1 saturated heterocycles. The van der Waals surface area contributed by atoms with Crippen LogP contribution in [0.25, 0.3) is 0 Å². The molecule has 5 heteroatoms. The van der Waals surface area contributed by atoms with E-state index < -0.39 is 0 Å². The molecule has 118 valence electrons. The van der Waals surface area contributed by atoms with Crippen molar-refractivity contribution in [1.82, 2.24) is 19.7 Å². The van der Waals surface area contributed by atoms with Gasteiger partial charge in [-0.15, -0.1) is 11.3 Å². The van der Waals surface area contributed by atoms with Gasteiger partial charge >= 0.3 is 0 Å². The van der Waals surface area contributed by atoms with Gasteiger partial charge in [-0.2, -0.15) is 5.10 Å². The van der Waals surface area contributed by atoms with Crippen LogP contribution >= 0.6 is 11.3 Å². The topological polar surface area (TPSA) is 34.0 Å². The molecule has 0 unspecified atom stereocenters. The third kappa shape index (κ3) is 2.97. The Kier molecular flexibility index (Phi) is 4.01. The first-order valence-electron chi connectivity index (χ1n) is 8.45. The maximum absolute atomic E-state index is 4.91. The smallest absolute Gasteiger partial charge is 0.0959 e. The molecule has 4 nitrogen and oxygen atoms in total. The Morgan fingerprint density at radius 3 is 2.91 bits per heavy atom. The Hall–Kier alpha value is -1.20. The minimum atomic E-state index is 0.529. The molecule has 0 amide bonds. The van der Waals surface area contributed by atoms with Crippen LogP contribution in [0.3, 0.4) is 0 Å². The van der Waals surface area contributed by atoms with Gasteiger partial charge in [0.25, 0.3) is 0 Å². The third-order valence-corrected chi connectivity index (χ3v) is 6.07. The van der Waals surface area contributed by atoms with E-state index in [1.165, 1.54) is 48.4 Å². The summed E-state index contributed by atoms with van der Waals surface area (Å²) in [5.41, 5.74) is 2.52. The van der Waals surface area contributed by atoms with Gasteiger partial charge in [0, 0.05) is 37.1 Å². The summed E-state index contributed by atoms with van der Waals surface area (Å²) in [6.07, 6.45) is 10.8. The molecule has 1 aliphatic carbocycles. The van der Waals surface area contributed by atoms with Gasteiger partial charge in [-0.3, -0.25) is 9.58 Å². The summed E-state index contributed by atoms with van der Waals surface area (Å²) >= 11 is 1.88. The zero-order valence-corrected chi connectivity index (χ0v) is 14.1. The lowest BCUT2D eigenvalue weighted by Crippen LogP contribution is -2.21. The highest BCUT2D eigenvalue weighted by molar-refractivity contribution is 7.09. The van der Waals surface area contributed by atoms with Crippen molar-refractivity contribution in [1.29, 1.82) is 0 Å². The Morgan fingerprint density at radius 2 is 2.14 bits per heavy atom. The number of thiazole rings is 1. The second-order valence-corrected chi connectivity index (χ2v) is 7.72. The lowest BCUT2D eigenvalue weighted by Gasteiger charge is -2.14. The van der Waals surface area contributed by atoms with Crippen LogP contribution in [0.5, 0.6) is 0 Å². The maximum Gasteiger partial charge on any atom is 0.0959 e. The molecule has 1 atom stereocenters. The number of hydrogen-bond donors (Lipinski definition) is 0. The average molecular weight is 316 g/mol. The predicted octanol–water partition coefficient (Wildman–Crippen LogP) is 3.75. The highest BCUT2D eigenvalue weighted by Gasteiger charge is 2.25. The van der Waals surface area contributed by atoms with Crippen LogP contribution in [-0.4, -0.2) is 32.8 Å². The van der Waals surface area contributed by atoms with E-state index in [9.17, 15) is 0 Å². The van der Waals surface area contributed by atoms with E-state index in [0.29, 0.717) is 6.04 Å². The van der Waals surface area contributed by atoms with Crippen LogP contribution in [0.1, 0.15) is 60.3 Å². The summed E-state index contributed by atoms with van der Waals surface area (Å²) in [5.74, 6) is 0.747. The number of aryl methyl sites for hydroxylation is 1. The molecular weight excluding hydrogens is 292 g/mol. The molecule has 2 fully saturated rings. The molecule has 0 aromatic carbocycles. The highest BCUT2D eigenvalue weighted by Crippen LogP contribution is 2.35. The summed E-state index contributed by atoms with van der Waals surface area (Å²) < 4.78 is 2.14. The summed E-state index contributed by atoms with van der Waals surface area (Å²) in [6, 6.07) is 0.529. The minimum absolute atomic E-state index is 0.529. The van der Waals surface area contributed by atoms with Crippen molar-refractivity contribution in [2.75, 3.05) is 13.1 Å². The average Bonchev–Trinajstić information content (AvgIpc) is 3.26. The lowest BCUT2D eigenvalue weighted by molar-refractivity contribution is 0.308. The fraction of sp³-hybridized carbons (Fsp3) is 0.647. The fourth-order valence-electron chi connectivity index (χ4n) is 3.79. The Balaban J connectivity index is 1.36. The van der Waals surface area contributed by atoms with Gasteiger partial charge < -0.3 is 0 Å². The zero-order chi connectivity index (χ0) is 14.9. The SMILES string of the molecule is Cc1cnn([C@H]2CCN(Cc3csc(C4CCCC4)n3)C2)c1. The Labute approximate surface area is 136 Å². The molecule has 0 radical (unpaired) electrons. The van der Waals surface area contributed by atoms with E-state index in [1.807, 2.05) is 17.5 Å². The van der Waals surface area contributed by atoms with E-state index in [0.717, 1.165) is 25.6 Å². The summed E-state index contributed by atoms with van der Waals surface area (Å²) in [6.45, 7) is 5.35. The van der Waals surface area contributed by atoms with Crippen molar-refractivity contribution in [3.8, 4) is 0 Å². The first-order valence-corrected chi connectivity index (χ1v) is 9.33. The van der Waals surface area contributed by atoms with Gasteiger partial charge in [0.15, 0.2) is 0 Å². The van der Waals surface area contributed by atoms with Crippen LogP contribution in [-0.2, 0) is 6.54 Å². The standard InChI is InChI=1S/C17H24N4S/c1-13-8-18-21(9-13)16-6-7-20(11-16)10-15-12-22-17(19-15)14-4-2-3-5-14/h8-9,12,14,16H,2-7,10-11H2,1H3/t16-/m0/s1. The van der Waals surface area contributed by atoms with Gasteiger partial charge in [0.05, 0.1) is 22.9 Å². The molecule has 4 rings (SSSR count). The van der Waals surface area contributed by atoms with Gasteiger partial charge in [0.1, 0.15) is 0 Å². The van der Waals surface area contributed by atoms with Crippen molar-refractivity contribution in [2.45, 2.75) is 57.5 Å². The first kappa shape index (κ1) is 14.4. The van der Waals surface area contributed by atoms with Crippen molar-refractivity contribution >= 4 is 11.3 Å². The molecule has 2 aromatic heterocycles. The van der Waals surface area contributed by atoms with Crippen molar-refractivity contribution < 1.29 is 0 Å². The number of likely N-dealkylation sites (tertiary alicyclic amines) is 1. The van der Waals surface area contributed by atoms with E-state index in [-0.39, 0.29) is 0 Å². The fourth-order valence-corrected chi connectivity index (χ4v) is 4.77. The summed E-state index contributed by atoms with van der Waals surface area (Å²) in [5, 5.41) is 8.13. The van der Waals surface area contributed by atoms with Gasteiger partial charge in [0.2, 0.25) is 0 Å². The molecular formula is C17H24N4S. The van der Waals surface area contributed by atoms with Gasteiger partial charge in [-0.25, -0.2) is 4.98 Å². The predicted molar refractivity (Wildman–Crippen MR) is 89.2 cm³/mol. The van der Waals surface area contributed by atoms with E-state index in [4.69, 9.17) is 4.98 Å². The van der Waals surface area contributed by atoms with E-state index in [1.54, 1.807) is 0 Å². The maximum atomic E-state index is 4.91. The number of rotatable bonds is 4. The number of nitrogens with zero attached hydrogens (tertiary/aromatic N) is 4. The minimum Gasteiger partial charge on any atom is -0.295 e. The Bertz CT molecular complexity index is 626. The monoisotopic (exact) mass is 316 g/mol. The number of hydrogen-bond acceptors (Lipinski definition) is 4. The number of aromatic nitrogens is 3. The van der Waals surface area contributed by atoms with Crippen molar-refractivity contribution in [2.24, 2.45) is 0 Å². The van der Waals surface area contributed by atoms with Gasteiger partial charge in [-0.1, -0.05) is 12.8 Å². The second kappa shape index (κ2) is 6.13. The van der Waals surface area contributed by atoms with Crippen LogP contribution in [0.2, 0.25) is 0 Å². The second-order valence-electron chi connectivity index (χ2n) is 6.83. The molecule has 0 bridgehead atoms. The van der Waals surface area contributed by atoms with Crippen LogP contribution in [0.4, 0.5) is 0 Å². The first-order chi connectivity index (χ1) is 10.8. The van der Waals surface area contributed by atoms with Crippen LogP contribution in [0, 0.1) is 6.92 Å². The lowest BCUT2D eigenvalue weighted by atomic mass is 10.1. The van der Waals surface area contributed by atoms with Crippen molar-refractivity contribution in [3.63, 3.8) is 0 Å².